The lowest BCUT2D eigenvalue weighted by Crippen LogP contribution is -2.37. The van der Waals surface area contributed by atoms with Gasteiger partial charge in [0.1, 0.15) is 6.29 Å². The Hall–Kier alpha value is -1.71. The van der Waals surface area contributed by atoms with Crippen LogP contribution >= 0.6 is 0 Å². The highest BCUT2D eigenvalue weighted by molar-refractivity contribution is 5.95. The summed E-state index contributed by atoms with van der Waals surface area (Å²) in [7, 11) is 0. The molecule has 19 heavy (non-hydrogen) atoms. The zero-order valence-electron chi connectivity index (χ0n) is 11.0. The highest BCUT2D eigenvalue weighted by Crippen LogP contribution is 2.27. The van der Waals surface area contributed by atoms with E-state index in [4.69, 9.17) is 0 Å². The number of nitrogens with zero attached hydrogens (tertiary/aromatic N) is 1. The number of pyridine rings is 1. The lowest BCUT2D eigenvalue weighted by atomic mass is 9.85. The maximum absolute atomic E-state index is 12.0. The van der Waals surface area contributed by atoms with E-state index in [1.165, 1.54) is 32.1 Å². The summed E-state index contributed by atoms with van der Waals surface area (Å²) in [4.78, 5) is 26.9. The van der Waals surface area contributed by atoms with Crippen molar-refractivity contribution in [3.63, 3.8) is 0 Å². The van der Waals surface area contributed by atoms with Crippen LogP contribution in [0, 0.1) is 5.92 Å². The topological polar surface area (TPSA) is 59.1 Å². The molecular weight excluding hydrogens is 240 g/mol. The third-order valence-electron chi connectivity index (χ3n) is 3.74. The van der Waals surface area contributed by atoms with E-state index in [1.807, 2.05) is 0 Å². The van der Waals surface area contributed by atoms with Crippen molar-refractivity contribution >= 4 is 12.2 Å². The molecule has 1 amide bonds. The molecule has 0 spiro atoms. The molecular formula is C15H20N2O2. The van der Waals surface area contributed by atoms with Crippen LogP contribution in [0.1, 0.15) is 48.9 Å². The molecule has 1 atom stereocenters. The summed E-state index contributed by atoms with van der Waals surface area (Å²) in [5.74, 6) is 0.372. The number of carbonyl (C=O) groups excluding carboxylic acids is 2. The second-order valence-corrected chi connectivity index (χ2v) is 5.19. The number of hydrogen-bond acceptors (Lipinski definition) is 3. The lowest BCUT2D eigenvalue weighted by molar-refractivity contribution is -0.109. The summed E-state index contributed by atoms with van der Waals surface area (Å²) < 4.78 is 0. The maximum Gasteiger partial charge on any atom is 0.251 e. The van der Waals surface area contributed by atoms with Gasteiger partial charge in [-0.05, 0) is 24.5 Å². The molecule has 0 aromatic carbocycles. The minimum atomic E-state index is -0.372. The molecule has 1 aliphatic rings. The van der Waals surface area contributed by atoms with Crippen LogP contribution in [-0.2, 0) is 4.79 Å². The lowest BCUT2D eigenvalue weighted by Gasteiger charge is -2.24. The van der Waals surface area contributed by atoms with Gasteiger partial charge in [0.05, 0.1) is 6.04 Å². The van der Waals surface area contributed by atoms with E-state index in [0.717, 1.165) is 12.7 Å². The molecule has 102 valence electrons. The predicted molar refractivity (Wildman–Crippen MR) is 72.7 cm³/mol. The molecule has 4 heteroatoms. The second kappa shape index (κ2) is 7.02. The fourth-order valence-electron chi connectivity index (χ4n) is 2.69. The smallest absolute Gasteiger partial charge is 0.251 e. The molecule has 0 radical (unpaired) electrons. The van der Waals surface area contributed by atoms with Crippen molar-refractivity contribution in [2.24, 2.45) is 5.92 Å². The molecule has 1 saturated carbocycles. The van der Waals surface area contributed by atoms with Crippen LogP contribution in [0.25, 0.3) is 0 Å². The van der Waals surface area contributed by atoms with E-state index in [9.17, 15) is 9.59 Å². The monoisotopic (exact) mass is 260 g/mol. The first kappa shape index (κ1) is 13.7. The third kappa shape index (κ3) is 4.16. The van der Waals surface area contributed by atoms with Crippen molar-refractivity contribution in [3.05, 3.63) is 30.1 Å². The Kier molecular flexibility index (Phi) is 5.07. The van der Waals surface area contributed by atoms with Crippen molar-refractivity contribution < 1.29 is 9.59 Å². The molecule has 1 aliphatic carbocycles. The molecule has 0 bridgehead atoms. The van der Waals surface area contributed by atoms with Crippen molar-refractivity contribution in [1.29, 1.82) is 0 Å². The van der Waals surface area contributed by atoms with Crippen molar-refractivity contribution in [3.8, 4) is 0 Å². The van der Waals surface area contributed by atoms with E-state index < -0.39 is 0 Å². The van der Waals surface area contributed by atoms with Gasteiger partial charge >= 0.3 is 0 Å². The van der Waals surface area contributed by atoms with Gasteiger partial charge < -0.3 is 10.1 Å². The first-order valence-corrected chi connectivity index (χ1v) is 6.96. The zero-order valence-corrected chi connectivity index (χ0v) is 11.0. The van der Waals surface area contributed by atoms with Crippen LogP contribution < -0.4 is 5.32 Å². The maximum atomic E-state index is 12.0. The Morgan fingerprint density at radius 2 is 2.00 bits per heavy atom. The molecule has 2 rings (SSSR count). The summed E-state index contributed by atoms with van der Waals surface area (Å²) in [6.45, 7) is 0. The van der Waals surface area contributed by atoms with Gasteiger partial charge in [-0.25, -0.2) is 0 Å². The largest absolute Gasteiger partial charge is 0.343 e. The Morgan fingerprint density at radius 3 is 2.63 bits per heavy atom. The van der Waals surface area contributed by atoms with Gasteiger partial charge in [-0.2, -0.15) is 0 Å². The summed E-state index contributed by atoms with van der Waals surface area (Å²) in [5, 5.41) is 2.80. The van der Waals surface area contributed by atoms with Crippen molar-refractivity contribution in [2.45, 2.75) is 44.6 Å². The van der Waals surface area contributed by atoms with E-state index >= 15 is 0 Å². The average molecular weight is 260 g/mol. The highest BCUT2D eigenvalue weighted by atomic mass is 16.2. The molecule has 4 nitrogen and oxygen atoms in total. The van der Waals surface area contributed by atoms with E-state index in [1.54, 1.807) is 24.5 Å². The van der Waals surface area contributed by atoms with Crippen molar-refractivity contribution in [2.75, 3.05) is 0 Å². The minimum absolute atomic E-state index is 0.199. The van der Waals surface area contributed by atoms with Gasteiger partial charge in [-0.3, -0.25) is 9.78 Å². The number of amides is 1. The Morgan fingerprint density at radius 1 is 1.32 bits per heavy atom. The van der Waals surface area contributed by atoms with Crippen LogP contribution in [0.3, 0.4) is 0 Å². The van der Waals surface area contributed by atoms with Gasteiger partial charge in [0.15, 0.2) is 0 Å². The first-order chi connectivity index (χ1) is 9.29. The molecule has 0 aliphatic heterocycles. The summed E-state index contributed by atoms with van der Waals surface area (Å²) in [5.41, 5.74) is 0.547. The average Bonchev–Trinajstić information content (AvgIpc) is 2.48. The summed E-state index contributed by atoms with van der Waals surface area (Å²) >= 11 is 0. The number of aromatic nitrogens is 1. The van der Waals surface area contributed by atoms with Crippen LogP contribution in [0.2, 0.25) is 0 Å². The third-order valence-corrected chi connectivity index (χ3v) is 3.74. The minimum Gasteiger partial charge on any atom is -0.343 e. The molecule has 1 aromatic rings. The normalized spacial score (nSPS) is 17.7. The number of rotatable bonds is 5. The van der Waals surface area contributed by atoms with E-state index in [0.29, 0.717) is 11.5 Å². The van der Waals surface area contributed by atoms with E-state index in [-0.39, 0.29) is 11.9 Å². The number of hydrogen-bond donors (Lipinski definition) is 1. The number of nitrogens with one attached hydrogen (secondary N) is 1. The number of aldehydes is 1. The molecule has 1 fully saturated rings. The van der Waals surface area contributed by atoms with Crippen LogP contribution in [0.5, 0.6) is 0 Å². The fraction of sp³-hybridized carbons (Fsp3) is 0.533. The second-order valence-electron chi connectivity index (χ2n) is 5.19. The van der Waals surface area contributed by atoms with Crippen molar-refractivity contribution in [1.82, 2.24) is 10.3 Å². The zero-order chi connectivity index (χ0) is 13.5. The quantitative estimate of drug-likeness (QED) is 0.827. The Bertz CT molecular complexity index is 413. The highest BCUT2D eigenvalue weighted by Gasteiger charge is 2.20. The Labute approximate surface area is 113 Å². The molecule has 1 heterocycles. The van der Waals surface area contributed by atoms with Crippen LogP contribution in [0.4, 0.5) is 0 Å². The summed E-state index contributed by atoms with van der Waals surface area (Å²) in [6.07, 6.45) is 10.9. The fourth-order valence-corrected chi connectivity index (χ4v) is 2.69. The predicted octanol–water partition coefficient (Wildman–Crippen LogP) is 2.35. The van der Waals surface area contributed by atoms with Gasteiger partial charge in [0.25, 0.3) is 5.91 Å². The first-order valence-electron chi connectivity index (χ1n) is 6.96. The van der Waals surface area contributed by atoms with Gasteiger partial charge in [0, 0.05) is 18.0 Å². The van der Waals surface area contributed by atoms with Crippen LogP contribution in [0.15, 0.2) is 24.5 Å². The Balaban J connectivity index is 1.88. The molecule has 1 unspecified atom stereocenters. The van der Waals surface area contributed by atoms with E-state index in [2.05, 4.69) is 10.3 Å². The van der Waals surface area contributed by atoms with Crippen LogP contribution in [-0.4, -0.2) is 23.2 Å². The van der Waals surface area contributed by atoms with Gasteiger partial charge in [-0.15, -0.1) is 0 Å². The van der Waals surface area contributed by atoms with Gasteiger partial charge in [0.2, 0.25) is 0 Å². The van der Waals surface area contributed by atoms with Gasteiger partial charge in [-0.1, -0.05) is 32.1 Å². The molecule has 0 saturated heterocycles. The molecule has 1 N–H and O–H groups in total. The standard InChI is InChI=1S/C15H20N2O2/c18-11-14(10-12-4-2-1-3-5-12)17-15(19)13-6-8-16-9-7-13/h6-9,11-12,14H,1-5,10H2,(H,17,19). The SMILES string of the molecule is O=CC(CC1CCCCC1)NC(=O)c1ccncc1. The summed E-state index contributed by atoms with van der Waals surface area (Å²) in [6, 6.07) is 2.93. The molecule has 1 aromatic heterocycles. The number of carbonyl (C=O) groups is 2.